The van der Waals surface area contributed by atoms with Crippen molar-refractivity contribution in [2.24, 2.45) is 17.8 Å². The molecule has 4 saturated carbocycles. The Hall–Kier alpha value is -1.10. The molecule has 0 unspecified atom stereocenters. The number of urea groups is 1. The summed E-state index contributed by atoms with van der Waals surface area (Å²) in [7, 11) is 0. The van der Waals surface area contributed by atoms with Gasteiger partial charge in [-0.3, -0.25) is 10.1 Å². The van der Waals surface area contributed by atoms with Crippen LogP contribution in [0.3, 0.4) is 0 Å². The standard InChI is InChI=1S/C16H27N3O2/c1-10(2)18-15(21)19-14(20)9-17-16-6-11-3-12(7-16)5-13(4-11)8-16/h10-13,17H,3-9H2,1-2H3,(H2,18,19,20,21)/p+1. The average molecular weight is 294 g/mol. The average Bonchev–Trinajstić information content (AvgIpc) is 2.33. The molecule has 0 aromatic heterocycles. The Bertz CT molecular complexity index is 398. The van der Waals surface area contributed by atoms with Gasteiger partial charge in [-0.2, -0.15) is 0 Å². The van der Waals surface area contributed by atoms with Crippen LogP contribution in [0.15, 0.2) is 0 Å². The number of rotatable bonds is 4. The number of imide groups is 1. The minimum absolute atomic E-state index is 0.0462. The lowest BCUT2D eigenvalue weighted by molar-refractivity contribution is -0.730. The van der Waals surface area contributed by atoms with Crippen molar-refractivity contribution in [1.82, 2.24) is 10.6 Å². The van der Waals surface area contributed by atoms with Crippen LogP contribution < -0.4 is 16.0 Å². The first kappa shape index (κ1) is 14.8. The lowest BCUT2D eigenvalue weighted by Crippen LogP contribution is -3.00. The summed E-state index contributed by atoms with van der Waals surface area (Å²) in [6.07, 6.45) is 8.04. The van der Waals surface area contributed by atoms with Crippen LogP contribution in [0.4, 0.5) is 4.79 Å². The summed E-state index contributed by atoms with van der Waals surface area (Å²) in [5, 5.41) is 7.34. The molecule has 118 valence electrons. The second kappa shape index (κ2) is 5.59. The highest BCUT2D eigenvalue weighted by Crippen LogP contribution is 2.54. The monoisotopic (exact) mass is 294 g/mol. The van der Waals surface area contributed by atoms with Gasteiger partial charge >= 0.3 is 6.03 Å². The van der Waals surface area contributed by atoms with Gasteiger partial charge < -0.3 is 10.6 Å². The van der Waals surface area contributed by atoms with Gasteiger partial charge in [0.1, 0.15) is 0 Å². The number of hydrogen-bond donors (Lipinski definition) is 3. The van der Waals surface area contributed by atoms with E-state index in [0.717, 1.165) is 17.8 Å². The van der Waals surface area contributed by atoms with Crippen LogP contribution in [0.25, 0.3) is 0 Å². The zero-order valence-corrected chi connectivity index (χ0v) is 13.2. The molecule has 5 heteroatoms. The van der Waals surface area contributed by atoms with Crippen molar-refractivity contribution in [2.75, 3.05) is 6.54 Å². The van der Waals surface area contributed by atoms with Crippen molar-refractivity contribution < 1.29 is 14.9 Å². The van der Waals surface area contributed by atoms with Crippen molar-refractivity contribution in [3.8, 4) is 0 Å². The molecule has 3 amide bonds. The van der Waals surface area contributed by atoms with Crippen LogP contribution in [0, 0.1) is 17.8 Å². The number of nitrogens with two attached hydrogens (primary N) is 1. The molecule has 0 aliphatic heterocycles. The molecule has 0 spiro atoms. The summed E-state index contributed by atoms with van der Waals surface area (Å²) in [5.74, 6) is 2.49. The molecule has 0 atom stereocenters. The number of nitrogens with one attached hydrogen (secondary N) is 2. The molecule has 0 aromatic rings. The summed E-state index contributed by atoms with van der Waals surface area (Å²) in [4.78, 5) is 23.5. The largest absolute Gasteiger partial charge is 0.336 e. The minimum Gasteiger partial charge on any atom is -0.336 e. The zero-order chi connectivity index (χ0) is 15.0. The SMILES string of the molecule is CC(C)NC(=O)NC(=O)C[NH2+]C12CC3CC(CC(C3)C1)C2. The summed E-state index contributed by atoms with van der Waals surface area (Å²) in [6.45, 7) is 4.13. The highest BCUT2D eigenvalue weighted by atomic mass is 16.2. The van der Waals surface area contributed by atoms with Crippen molar-refractivity contribution in [3.63, 3.8) is 0 Å². The summed E-state index contributed by atoms with van der Waals surface area (Å²) in [5.41, 5.74) is 0.292. The summed E-state index contributed by atoms with van der Waals surface area (Å²) in [6, 6.07) is -0.334. The molecule has 4 aliphatic carbocycles. The lowest BCUT2D eigenvalue weighted by Gasteiger charge is -2.54. The first-order valence-corrected chi connectivity index (χ1v) is 8.39. The van der Waals surface area contributed by atoms with Crippen LogP contribution in [-0.2, 0) is 4.79 Å². The molecule has 5 nitrogen and oxygen atoms in total. The number of carbonyl (C=O) groups excluding carboxylic acids is 2. The van der Waals surface area contributed by atoms with E-state index in [9.17, 15) is 9.59 Å². The Morgan fingerprint density at radius 2 is 1.62 bits per heavy atom. The fourth-order valence-electron chi connectivity index (χ4n) is 5.21. The molecule has 21 heavy (non-hydrogen) atoms. The van der Waals surface area contributed by atoms with Gasteiger partial charge in [0.05, 0.1) is 5.54 Å². The minimum atomic E-state index is -0.381. The van der Waals surface area contributed by atoms with E-state index in [1.54, 1.807) is 0 Å². The fraction of sp³-hybridized carbons (Fsp3) is 0.875. The van der Waals surface area contributed by atoms with Crippen molar-refractivity contribution in [3.05, 3.63) is 0 Å². The van der Waals surface area contributed by atoms with Crippen molar-refractivity contribution in [1.29, 1.82) is 0 Å². The summed E-state index contributed by atoms with van der Waals surface area (Å²) < 4.78 is 0. The third-order valence-electron chi connectivity index (χ3n) is 5.48. The number of hydrogen-bond acceptors (Lipinski definition) is 2. The second-order valence-corrected chi connectivity index (χ2v) is 7.86. The maximum Gasteiger partial charge on any atom is 0.321 e. The van der Waals surface area contributed by atoms with E-state index in [4.69, 9.17) is 0 Å². The van der Waals surface area contributed by atoms with Gasteiger partial charge in [0, 0.05) is 25.3 Å². The maximum atomic E-state index is 11.9. The molecule has 0 heterocycles. The number of amides is 3. The lowest BCUT2D eigenvalue weighted by atomic mass is 9.53. The predicted molar refractivity (Wildman–Crippen MR) is 79.5 cm³/mol. The Morgan fingerprint density at radius 3 is 2.10 bits per heavy atom. The van der Waals surface area contributed by atoms with Crippen LogP contribution in [0.2, 0.25) is 0 Å². The van der Waals surface area contributed by atoms with Gasteiger partial charge in [-0.1, -0.05) is 0 Å². The molecule has 4 rings (SSSR count). The zero-order valence-electron chi connectivity index (χ0n) is 13.2. The predicted octanol–water partition coefficient (Wildman–Crippen LogP) is 0.753. The molecular weight excluding hydrogens is 266 g/mol. The van der Waals surface area contributed by atoms with E-state index in [2.05, 4.69) is 16.0 Å². The fourth-order valence-corrected chi connectivity index (χ4v) is 5.21. The van der Waals surface area contributed by atoms with E-state index in [-0.39, 0.29) is 18.0 Å². The smallest absolute Gasteiger partial charge is 0.321 e. The topological polar surface area (TPSA) is 74.8 Å². The van der Waals surface area contributed by atoms with Gasteiger partial charge in [0.15, 0.2) is 6.54 Å². The Balaban J connectivity index is 1.49. The van der Waals surface area contributed by atoms with E-state index in [1.807, 2.05) is 13.8 Å². The molecule has 0 aromatic carbocycles. The van der Waals surface area contributed by atoms with Crippen molar-refractivity contribution >= 4 is 11.9 Å². The van der Waals surface area contributed by atoms with Gasteiger partial charge in [-0.15, -0.1) is 0 Å². The second-order valence-electron chi connectivity index (χ2n) is 7.86. The Morgan fingerprint density at radius 1 is 1.10 bits per heavy atom. The molecule has 4 N–H and O–H groups in total. The van der Waals surface area contributed by atoms with Crippen LogP contribution in [-0.4, -0.2) is 30.1 Å². The maximum absolute atomic E-state index is 11.9. The van der Waals surface area contributed by atoms with E-state index >= 15 is 0 Å². The first-order chi connectivity index (χ1) is 9.94. The summed E-state index contributed by atoms with van der Waals surface area (Å²) >= 11 is 0. The van der Waals surface area contributed by atoms with E-state index in [1.165, 1.54) is 38.5 Å². The van der Waals surface area contributed by atoms with Crippen LogP contribution >= 0.6 is 0 Å². The molecule has 0 saturated heterocycles. The first-order valence-electron chi connectivity index (χ1n) is 8.39. The normalized spacial score (nSPS) is 36.8. The van der Waals surface area contributed by atoms with E-state index < -0.39 is 0 Å². The highest BCUT2D eigenvalue weighted by Gasteiger charge is 2.53. The molecule has 4 aliphatic rings. The molecule has 0 radical (unpaired) electrons. The van der Waals surface area contributed by atoms with Gasteiger partial charge in [-0.25, -0.2) is 4.79 Å². The van der Waals surface area contributed by atoms with Gasteiger partial charge in [0.2, 0.25) is 0 Å². The Kier molecular flexibility index (Phi) is 3.95. The molecule has 4 fully saturated rings. The molecular formula is C16H28N3O2+. The quantitative estimate of drug-likeness (QED) is 0.716. The van der Waals surface area contributed by atoms with Gasteiger partial charge in [0.25, 0.3) is 5.91 Å². The van der Waals surface area contributed by atoms with Crippen LogP contribution in [0.1, 0.15) is 52.4 Å². The molecule has 4 bridgehead atoms. The van der Waals surface area contributed by atoms with Gasteiger partial charge in [-0.05, 0) is 50.9 Å². The highest BCUT2D eigenvalue weighted by molar-refractivity contribution is 5.94. The van der Waals surface area contributed by atoms with Crippen molar-refractivity contribution in [2.45, 2.75) is 64.0 Å². The van der Waals surface area contributed by atoms with E-state index in [0.29, 0.717) is 12.1 Å². The number of quaternary nitrogens is 1. The number of carbonyl (C=O) groups is 2. The van der Waals surface area contributed by atoms with Crippen LogP contribution in [0.5, 0.6) is 0 Å². The third kappa shape index (κ3) is 3.39. The Labute approximate surface area is 126 Å². The third-order valence-corrected chi connectivity index (χ3v) is 5.48.